The van der Waals surface area contributed by atoms with Crippen LogP contribution in [0.25, 0.3) is 0 Å². The van der Waals surface area contributed by atoms with E-state index in [0.717, 1.165) is 11.8 Å². The van der Waals surface area contributed by atoms with Gasteiger partial charge >= 0.3 is 5.30 Å². The SMILES string of the molecule is CC(=O)Nc1ccc(OC(=O)SCC(NC(C)=O)C(=O)N(C)C)cc1. The van der Waals surface area contributed by atoms with E-state index in [9.17, 15) is 19.2 Å². The highest BCUT2D eigenvalue weighted by Crippen LogP contribution is 2.18. The average Bonchev–Trinajstić information content (AvgIpc) is 2.51. The molecule has 0 aliphatic heterocycles. The van der Waals surface area contributed by atoms with Gasteiger partial charge in [0.2, 0.25) is 17.7 Å². The van der Waals surface area contributed by atoms with Crippen LogP contribution in [0.3, 0.4) is 0 Å². The minimum atomic E-state index is -0.813. The Morgan fingerprint density at radius 3 is 2.16 bits per heavy atom. The Morgan fingerprint density at radius 1 is 1.08 bits per heavy atom. The lowest BCUT2D eigenvalue weighted by Crippen LogP contribution is -2.47. The summed E-state index contributed by atoms with van der Waals surface area (Å²) in [6.07, 6.45) is 0. The van der Waals surface area contributed by atoms with E-state index in [2.05, 4.69) is 10.6 Å². The van der Waals surface area contributed by atoms with Crippen LogP contribution < -0.4 is 15.4 Å². The Balaban J connectivity index is 2.58. The number of rotatable bonds is 6. The monoisotopic (exact) mass is 367 g/mol. The predicted molar refractivity (Wildman–Crippen MR) is 95.5 cm³/mol. The molecule has 8 nitrogen and oxygen atoms in total. The molecule has 0 spiro atoms. The Morgan fingerprint density at radius 2 is 1.68 bits per heavy atom. The summed E-state index contributed by atoms with van der Waals surface area (Å²) in [7, 11) is 3.13. The minimum Gasteiger partial charge on any atom is -0.418 e. The molecule has 0 bridgehead atoms. The molecule has 0 saturated heterocycles. The Kier molecular flexibility index (Phi) is 7.93. The zero-order chi connectivity index (χ0) is 19.0. The maximum Gasteiger partial charge on any atom is 0.372 e. The number of ether oxygens (including phenoxy) is 1. The fraction of sp³-hybridized carbons (Fsp3) is 0.375. The van der Waals surface area contributed by atoms with Gasteiger partial charge in [0.05, 0.1) is 0 Å². The third kappa shape index (κ3) is 7.71. The number of hydrogen-bond acceptors (Lipinski definition) is 6. The van der Waals surface area contributed by atoms with E-state index in [1.165, 1.54) is 18.7 Å². The molecule has 0 aliphatic rings. The fourth-order valence-electron chi connectivity index (χ4n) is 1.82. The molecule has 0 radical (unpaired) electrons. The number of carbonyl (C=O) groups excluding carboxylic acids is 4. The largest absolute Gasteiger partial charge is 0.418 e. The zero-order valence-electron chi connectivity index (χ0n) is 14.5. The number of hydrogen-bond donors (Lipinski definition) is 2. The maximum atomic E-state index is 12.0. The second-order valence-electron chi connectivity index (χ2n) is 5.35. The van der Waals surface area contributed by atoms with Crippen molar-refractivity contribution < 1.29 is 23.9 Å². The summed E-state index contributed by atoms with van der Waals surface area (Å²) in [5.74, 6) is -0.506. The van der Waals surface area contributed by atoms with Crippen molar-refractivity contribution in [1.29, 1.82) is 0 Å². The standard InChI is InChI=1S/C16H21N3O5S/c1-10(20)17-12-5-7-13(8-6-12)24-16(23)25-9-14(18-11(2)21)15(22)19(3)4/h5-8,14H,9H2,1-4H3,(H,17,20)(H,18,21). The Labute approximate surface area is 150 Å². The normalized spacial score (nSPS) is 11.2. The zero-order valence-corrected chi connectivity index (χ0v) is 15.3. The van der Waals surface area contributed by atoms with Crippen molar-refractivity contribution >= 4 is 40.5 Å². The molecule has 9 heteroatoms. The third-order valence-electron chi connectivity index (χ3n) is 2.86. The van der Waals surface area contributed by atoms with Crippen molar-refractivity contribution in [1.82, 2.24) is 10.2 Å². The van der Waals surface area contributed by atoms with Crippen LogP contribution >= 0.6 is 11.8 Å². The number of nitrogens with one attached hydrogen (secondary N) is 2. The van der Waals surface area contributed by atoms with E-state index in [0.29, 0.717) is 11.4 Å². The Bertz CT molecular complexity index is 646. The molecule has 1 rings (SSSR count). The van der Waals surface area contributed by atoms with Crippen molar-refractivity contribution in [3.8, 4) is 5.75 Å². The molecule has 1 atom stereocenters. The van der Waals surface area contributed by atoms with Crippen LogP contribution in [0, 0.1) is 0 Å². The second kappa shape index (κ2) is 9.67. The first-order chi connectivity index (χ1) is 11.7. The molecule has 1 aromatic rings. The first-order valence-corrected chi connectivity index (χ1v) is 8.38. The minimum absolute atomic E-state index is 0.0550. The number of thioether (sulfide) groups is 1. The molecule has 0 aromatic heterocycles. The first-order valence-electron chi connectivity index (χ1n) is 7.39. The van der Waals surface area contributed by atoms with E-state index < -0.39 is 11.3 Å². The van der Waals surface area contributed by atoms with Crippen molar-refractivity contribution in [2.75, 3.05) is 25.2 Å². The van der Waals surface area contributed by atoms with Gasteiger partial charge in [-0.3, -0.25) is 14.4 Å². The van der Waals surface area contributed by atoms with Crippen molar-refractivity contribution in [3.05, 3.63) is 24.3 Å². The second-order valence-corrected chi connectivity index (χ2v) is 6.31. The fourth-order valence-corrected chi connectivity index (χ4v) is 2.50. The summed E-state index contributed by atoms with van der Waals surface area (Å²) in [6.45, 7) is 2.70. The van der Waals surface area contributed by atoms with Crippen molar-refractivity contribution in [2.45, 2.75) is 19.9 Å². The van der Waals surface area contributed by atoms with Gasteiger partial charge in [-0.2, -0.15) is 0 Å². The van der Waals surface area contributed by atoms with Gasteiger partial charge in [-0.05, 0) is 36.0 Å². The molecule has 136 valence electrons. The Hall–Kier alpha value is -2.55. The van der Waals surface area contributed by atoms with Crippen LogP contribution in [0.4, 0.5) is 10.5 Å². The van der Waals surface area contributed by atoms with Gasteiger partial charge < -0.3 is 20.3 Å². The molecule has 3 amide bonds. The predicted octanol–water partition coefficient (Wildman–Crippen LogP) is 1.47. The van der Waals surface area contributed by atoms with Gasteiger partial charge in [-0.1, -0.05) is 0 Å². The average molecular weight is 367 g/mol. The molecule has 25 heavy (non-hydrogen) atoms. The van der Waals surface area contributed by atoms with Crippen LogP contribution in [-0.4, -0.2) is 53.8 Å². The topological polar surface area (TPSA) is 105 Å². The first kappa shape index (κ1) is 20.5. The van der Waals surface area contributed by atoms with Crippen molar-refractivity contribution in [2.24, 2.45) is 0 Å². The third-order valence-corrected chi connectivity index (χ3v) is 3.68. The number of nitrogens with zero attached hydrogens (tertiary/aromatic N) is 1. The summed E-state index contributed by atoms with van der Waals surface area (Å²) in [5, 5.41) is 4.50. The molecule has 0 heterocycles. The molecular weight excluding hydrogens is 346 g/mol. The van der Waals surface area contributed by atoms with Crippen LogP contribution in [0.5, 0.6) is 5.75 Å². The van der Waals surface area contributed by atoms with Gasteiger partial charge in [0.15, 0.2) is 0 Å². The molecule has 0 aliphatic carbocycles. The van der Waals surface area contributed by atoms with Gasteiger partial charge in [0.1, 0.15) is 11.8 Å². The molecule has 0 saturated carbocycles. The van der Waals surface area contributed by atoms with Gasteiger partial charge in [0.25, 0.3) is 0 Å². The number of anilines is 1. The van der Waals surface area contributed by atoms with Gasteiger partial charge in [-0.15, -0.1) is 0 Å². The quantitative estimate of drug-likeness (QED) is 0.738. The maximum absolute atomic E-state index is 12.0. The number of benzene rings is 1. The van der Waals surface area contributed by atoms with E-state index in [1.54, 1.807) is 38.4 Å². The van der Waals surface area contributed by atoms with E-state index in [4.69, 9.17) is 4.74 Å². The highest BCUT2D eigenvalue weighted by Gasteiger charge is 2.23. The molecule has 2 N–H and O–H groups in total. The van der Waals surface area contributed by atoms with E-state index >= 15 is 0 Å². The smallest absolute Gasteiger partial charge is 0.372 e. The highest BCUT2D eigenvalue weighted by atomic mass is 32.2. The lowest BCUT2D eigenvalue weighted by Gasteiger charge is -2.20. The lowest BCUT2D eigenvalue weighted by atomic mass is 10.3. The summed E-state index contributed by atoms with van der Waals surface area (Å²) in [5.41, 5.74) is 0.585. The van der Waals surface area contributed by atoms with E-state index in [-0.39, 0.29) is 23.5 Å². The number of carbonyl (C=O) groups is 4. The lowest BCUT2D eigenvalue weighted by molar-refractivity contribution is -0.133. The molecule has 1 aromatic carbocycles. The summed E-state index contributed by atoms with van der Waals surface area (Å²) < 4.78 is 5.14. The van der Waals surface area contributed by atoms with Gasteiger partial charge in [-0.25, -0.2) is 4.79 Å². The molecule has 0 fully saturated rings. The van der Waals surface area contributed by atoms with Gasteiger partial charge in [0, 0.05) is 39.4 Å². The number of likely N-dealkylation sites (N-methyl/N-ethyl adjacent to an activating group) is 1. The summed E-state index contributed by atoms with van der Waals surface area (Å²) in [4.78, 5) is 47.3. The van der Waals surface area contributed by atoms with Crippen LogP contribution in [0.2, 0.25) is 0 Å². The van der Waals surface area contributed by atoms with Crippen LogP contribution in [0.1, 0.15) is 13.8 Å². The van der Waals surface area contributed by atoms with E-state index in [1.807, 2.05) is 0 Å². The van der Waals surface area contributed by atoms with Crippen molar-refractivity contribution in [3.63, 3.8) is 0 Å². The number of amides is 3. The highest BCUT2D eigenvalue weighted by molar-refractivity contribution is 8.13. The summed E-state index contributed by atoms with van der Waals surface area (Å²) in [6, 6.07) is 5.47. The molecular formula is C16H21N3O5S. The summed E-state index contributed by atoms with van der Waals surface area (Å²) >= 11 is 0.789. The van der Waals surface area contributed by atoms with Crippen LogP contribution in [0.15, 0.2) is 24.3 Å². The van der Waals surface area contributed by atoms with Crippen LogP contribution in [-0.2, 0) is 14.4 Å². The molecule has 1 unspecified atom stereocenters.